The Hall–Kier alpha value is -11.0. The lowest BCUT2D eigenvalue weighted by molar-refractivity contribution is -0.606. The molecule has 0 fully saturated rings. The van der Waals surface area contributed by atoms with Gasteiger partial charge in [0, 0.05) is 65.9 Å². The second-order valence-corrected chi connectivity index (χ2v) is 23.7. The van der Waals surface area contributed by atoms with Crippen LogP contribution in [0.5, 0.6) is 0 Å². The molecule has 0 saturated carbocycles. The van der Waals surface area contributed by atoms with Gasteiger partial charge in [0.05, 0.1) is 37.1 Å². The van der Waals surface area contributed by atoms with E-state index in [0.717, 1.165) is 104 Å². The number of halogens is 1. The number of rotatable bonds is 9. The average molecular weight is 1270 g/mol. The van der Waals surface area contributed by atoms with Crippen molar-refractivity contribution in [3.63, 3.8) is 0 Å². The number of aromatic nitrogens is 12. The van der Waals surface area contributed by atoms with Crippen LogP contribution in [0.15, 0.2) is 225 Å². The molecule has 0 saturated heterocycles. The predicted molar refractivity (Wildman–Crippen MR) is 363 cm³/mol. The van der Waals surface area contributed by atoms with Crippen LogP contribution >= 0.6 is 11.6 Å². The lowest BCUT2D eigenvalue weighted by Gasteiger charge is -2.33. The van der Waals surface area contributed by atoms with Crippen molar-refractivity contribution in [2.75, 3.05) is 19.6 Å². The van der Waals surface area contributed by atoms with Gasteiger partial charge in [0.25, 0.3) is 17.1 Å². The third kappa shape index (κ3) is 14.1. The van der Waals surface area contributed by atoms with Crippen LogP contribution in [0.3, 0.4) is 0 Å². The van der Waals surface area contributed by atoms with Crippen LogP contribution in [-0.4, -0.2) is 101 Å². The van der Waals surface area contributed by atoms with Crippen molar-refractivity contribution in [2.24, 2.45) is 0 Å². The average Bonchev–Trinajstić information content (AvgIpc) is 1.58. The molecule has 6 aromatic carbocycles. The number of nitrogens with zero attached hydrogens (tertiary/aromatic N) is 14. The summed E-state index contributed by atoms with van der Waals surface area (Å²) in [4.78, 5) is 50.2. The molecule has 2 unspecified atom stereocenters. The van der Waals surface area contributed by atoms with Crippen molar-refractivity contribution in [1.82, 2.24) is 69.4 Å². The topological polar surface area (TPSA) is 192 Å². The lowest BCUT2D eigenvalue weighted by Crippen LogP contribution is -2.41. The Labute approximate surface area is 551 Å². The van der Waals surface area contributed by atoms with Crippen molar-refractivity contribution >= 4 is 28.7 Å². The maximum Gasteiger partial charge on any atom is 0.427 e. The maximum atomic E-state index is 13.2. The Morgan fingerprint density at radius 1 is 0.426 bits per heavy atom. The molecule has 0 bridgehead atoms. The Morgan fingerprint density at radius 3 is 1.26 bits per heavy atom. The summed E-state index contributed by atoms with van der Waals surface area (Å²) in [5, 5.41) is 29.1. The molecule has 15 rings (SSSR count). The number of hydrogen-bond acceptors (Lipinski definition) is 12. The standard InChI is InChI=1S/2C25H23N5O.C13H9ClO.C12H16N5/c2*1-17-7-6-10-22(26-17)24-28-27-23-18(2)29(15-16-30(23)24)25(31)21-13-11-20(12-14-21)19-8-4-3-5-9-19;14-13(15)12-8-6-11(7-9-12)10-4-2-1-3-5-10;1-9-4-3-6-16(8-9)12-15-14-11-10(2)13-5-7-17(11)12/h2*3-14,18H,15-16H2,1-2H3;1-9H;3-4,6,8,10,13H,5,7H2,1-2H3/q;;;+1/t18-;;;/m1.../s1. The first-order valence-corrected chi connectivity index (χ1v) is 31.8. The first kappa shape index (κ1) is 63.2. The molecule has 0 spiro atoms. The van der Waals surface area contributed by atoms with Crippen molar-refractivity contribution in [2.45, 2.75) is 79.3 Å². The zero-order chi connectivity index (χ0) is 65.2. The number of fused-ring (bicyclic) bond motifs is 3. The van der Waals surface area contributed by atoms with E-state index in [1.807, 2.05) is 218 Å². The maximum absolute atomic E-state index is 13.2. The first-order chi connectivity index (χ1) is 45.8. The van der Waals surface area contributed by atoms with E-state index >= 15 is 0 Å². The van der Waals surface area contributed by atoms with Crippen LogP contribution in [0.25, 0.3) is 62.4 Å². The molecule has 19 heteroatoms. The van der Waals surface area contributed by atoms with Crippen LogP contribution in [0.1, 0.15) is 104 Å². The van der Waals surface area contributed by atoms with Gasteiger partial charge in [0.2, 0.25) is 5.82 Å². The summed E-state index contributed by atoms with van der Waals surface area (Å²) in [6.45, 7) is 16.5. The number of benzene rings is 6. The number of carbonyl (C=O) groups is 3. The van der Waals surface area contributed by atoms with Crippen molar-refractivity contribution < 1.29 is 19.0 Å². The van der Waals surface area contributed by atoms with E-state index in [0.29, 0.717) is 42.9 Å². The van der Waals surface area contributed by atoms with Gasteiger partial charge in [-0.25, -0.2) is 19.1 Å². The normalized spacial score (nSPS) is 15.3. The second-order valence-electron chi connectivity index (χ2n) is 23.3. The van der Waals surface area contributed by atoms with E-state index in [1.165, 1.54) is 5.56 Å². The molecular formula is C75H71ClN15O3+. The van der Waals surface area contributed by atoms with E-state index in [9.17, 15) is 14.4 Å². The molecular weight excluding hydrogens is 1190 g/mol. The largest absolute Gasteiger partial charge is 0.427 e. The molecule has 94 heavy (non-hydrogen) atoms. The Bertz CT molecular complexity index is 4400. The van der Waals surface area contributed by atoms with Crippen molar-refractivity contribution in [1.29, 1.82) is 0 Å². The van der Waals surface area contributed by atoms with Crippen LogP contribution in [0, 0.1) is 20.8 Å². The number of aryl methyl sites for hydroxylation is 3. The molecule has 0 aliphatic carbocycles. The molecule has 3 aliphatic heterocycles. The molecule has 3 atom stereocenters. The highest BCUT2D eigenvalue weighted by atomic mass is 35.5. The van der Waals surface area contributed by atoms with Crippen LogP contribution in [0.2, 0.25) is 0 Å². The molecule has 470 valence electrons. The number of nitrogens with one attached hydrogen (secondary N) is 1. The fraction of sp³-hybridized carbons (Fsp3) is 0.200. The minimum Gasteiger partial charge on any atom is -0.327 e. The van der Waals surface area contributed by atoms with Gasteiger partial charge in [0.15, 0.2) is 23.3 Å². The third-order valence-corrected chi connectivity index (χ3v) is 17.2. The van der Waals surface area contributed by atoms with Gasteiger partial charge in [-0.2, -0.15) is 0 Å². The fourth-order valence-corrected chi connectivity index (χ4v) is 12.0. The molecule has 12 aromatic rings. The number of amides is 2. The quantitative estimate of drug-likeness (QED) is 0.106. The summed E-state index contributed by atoms with van der Waals surface area (Å²) in [6, 6.07) is 69.0. The Kier molecular flexibility index (Phi) is 19.3. The van der Waals surface area contributed by atoms with Crippen LogP contribution in [-0.2, 0) is 19.6 Å². The van der Waals surface area contributed by atoms with Gasteiger partial charge in [-0.15, -0.1) is 20.4 Å². The molecule has 3 aliphatic rings. The van der Waals surface area contributed by atoms with E-state index < -0.39 is 5.24 Å². The zero-order valence-electron chi connectivity index (χ0n) is 53.2. The smallest absolute Gasteiger partial charge is 0.327 e. The third-order valence-electron chi connectivity index (χ3n) is 16.9. The number of pyridine rings is 3. The van der Waals surface area contributed by atoms with Crippen LogP contribution in [0.4, 0.5) is 0 Å². The SMILES string of the molecule is Cc1ccc[n+](-c2nnc3n2CCNC3C)c1.Cc1cccc(-c2nnc3n2CCN(C(=O)c2ccc(-c4ccccc4)cc2)C3C)n1.Cc1cccc(-c2nnc3n2CCN(C(=O)c2ccc(-c4ccccc4)cc2)[C@@H]3C)n1.O=C(Cl)c1ccc(-c2ccccc2)cc1. The monoisotopic (exact) mass is 1260 g/mol. The summed E-state index contributed by atoms with van der Waals surface area (Å²) in [7, 11) is 0. The van der Waals surface area contributed by atoms with E-state index in [1.54, 1.807) is 12.1 Å². The second kappa shape index (κ2) is 28.7. The highest BCUT2D eigenvalue weighted by Crippen LogP contribution is 2.32. The number of hydrogen-bond donors (Lipinski definition) is 1. The molecule has 0 radical (unpaired) electrons. The summed E-state index contributed by atoms with van der Waals surface area (Å²) in [5.74, 6) is 5.03. The minimum atomic E-state index is -0.422. The molecule has 6 aromatic heterocycles. The summed E-state index contributed by atoms with van der Waals surface area (Å²) in [6.07, 6.45) is 4.08. The van der Waals surface area contributed by atoms with Gasteiger partial charge >= 0.3 is 5.95 Å². The van der Waals surface area contributed by atoms with Gasteiger partial charge in [-0.1, -0.05) is 146 Å². The van der Waals surface area contributed by atoms with Gasteiger partial charge in [-0.05, 0) is 164 Å². The molecule has 2 amide bonds. The molecule has 9 heterocycles. The zero-order valence-corrected chi connectivity index (χ0v) is 54.0. The Morgan fingerprint density at radius 2 is 0.840 bits per heavy atom. The minimum absolute atomic E-state index is 0.0107. The van der Waals surface area contributed by atoms with Gasteiger partial charge < -0.3 is 24.3 Å². The highest BCUT2D eigenvalue weighted by Gasteiger charge is 2.35. The number of carbonyl (C=O) groups excluding carboxylic acids is 3. The Balaban J connectivity index is 0.000000126. The van der Waals surface area contributed by atoms with E-state index in [-0.39, 0.29) is 29.9 Å². The molecule has 1 N–H and O–H groups in total. The lowest BCUT2D eigenvalue weighted by atomic mass is 10.0. The first-order valence-electron chi connectivity index (χ1n) is 31.4. The summed E-state index contributed by atoms with van der Waals surface area (Å²) >= 11 is 5.36. The van der Waals surface area contributed by atoms with Crippen molar-refractivity contribution in [3.05, 3.63) is 276 Å². The van der Waals surface area contributed by atoms with E-state index in [4.69, 9.17) is 11.6 Å². The van der Waals surface area contributed by atoms with Gasteiger partial charge in [-0.3, -0.25) is 14.4 Å². The van der Waals surface area contributed by atoms with E-state index in [2.05, 4.69) is 110 Å². The molecule has 18 nitrogen and oxygen atoms in total. The van der Waals surface area contributed by atoms with Crippen LogP contribution < -0.4 is 9.88 Å². The van der Waals surface area contributed by atoms with Crippen molar-refractivity contribution in [3.8, 4) is 62.4 Å². The predicted octanol–water partition coefficient (Wildman–Crippen LogP) is 13.3. The van der Waals surface area contributed by atoms with Gasteiger partial charge in [0.1, 0.15) is 11.4 Å². The highest BCUT2D eigenvalue weighted by molar-refractivity contribution is 6.67. The fourth-order valence-electron chi connectivity index (χ4n) is 11.9. The summed E-state index contributed by atoms with van der Waals surface area (Å²) in [5.41, 5.74) is 13.3. The summed E-state index contributed by atoms with van der Waals surface area (Å²) < 4.78 is 8.37.